The number of rotatable bonds is 8. The van der Waals surface area contributed by atoms with Gasteiger partial charge in [0.2, 0.25) is 11.6 Å². The van der Waals surface area contributed by atoms with Gasteiger partial charge in [-0.2, -0.15) is 0 Å². The van der Waals surface area contributed by atoms with Crippen molar-refractivity contribution in [3.05, 3.63) is 46.4 Å². The van der Waals surface area contributed by atoms with E-state index in [0.717, 1.165) is 37.7 Å². The number of unbranched alkanes of at least 4 members (excludes halogenated alkanes) is 2. The molecule has 2 atom stereocenters. The van der Waals surface area contributed by atoms with E-state index in [0.29, 0.717) is 24.2 Å². The average Bonchev–Trinajstić information content (AvgIpc) is 2.62. The first-order valence-corrected chi connectivity index (χ1v) is 10.2. The number of hydrogen-bond acceptors (Lipinski definition) is 4. The Hall–Kier alpha value is -2.10. The van der Waals surface area contributed by atoms with Crippen LogP contribution in [0.1, 0.15) is 66.2 Å². The maximum Gasteiger partial charge on any atom is 0.233 e. The van der Waals surface area contributed by atoms with E-state index >= 15 is 0 Å². The van der Waals surface area contributed by atoms with E-state index < -0.39 is 11.6 Å². The van der Waals surface area contributed by atoms with Crippen LogP contribution in [0.5, 0.6) is 0 Å². The lowest BCUT2D eigenvalue weighted by Crippen LogP contribution is -2.36. The third kappa shape index (κ3) is 4.42. The lowest BCUT2D eigenvalue weighted by molar-refractivity contribution is -0.133. The lowest BCUT2D eigenvalue weighted by Gasteiger charge is -2.33. The predicted octanol–water partition coefficient (Wildman–Crippen LogP) is 4.94. The molecule has 4 heteroatoms. The highest BCUT2D eigenvalue weighted by atomic mass is 16.3. The second-order valence-corrected chi connectivity index (χ2v) is 7.79. The Morgan fingerprint density at radius 3 is 2.56 bits per heavy atom. The number of ketones is 2. The fourth-order valence-corrected chi connectivity index (χ4v) is 4.13. The molecule has 0 aromatic carbocycles. The van der Waals surface area contributed by atoms with Crippen molar-refractivity contribution in [3.8, 4) is 0 Å². The Kier molecular flexibility index (Phi) is 7.23. The molecule has 1 unspecified atom stereocenters. The van der Waals surface area contributed by atoms with E-state index in [1.54, 1.807) is 0 Å². The van der Waals surface area contributed by atoms with Crippen LogP contribution in [0.2, 0.25) is 0 Å². The van der Waals surface area contributed by atoms with Crippen LogP contribution in [0.4, 0.5) is 0 Å². The van der Waals surface area contributed by atoms with E-state index in [2.05, 4.69) is 18.8 Å². The first-order chi connectivity index (χ1) is 12.8. The van der Waals surface area contributed by atoms with Gasteiger partial charge >= 0.3 is 0 Å². The van der Waals surface area contributed by atoms with Crippen LogP contribution in [0.25, 0.3) is 0 Å². The number of nitrogens with one attached hydrogen (secondary N) is 1. The molecule has 2 N–H and O–H groups in total. The second-order valence-electron chi connectivity index (χ2n) is 7.79. The molecule has 0 aliphatic heterocycles. The van der Waals surface area contributed by atoms with Crippen LogP contribution in [0, 0.1) is 11.8 Å². The van der Waals surface area contributed by atoms with Crippen molar-refractivity contribution in [2.45, 2.75) is 66.2 Å². The molecular weight excluding hydrogens is 338 g/mol. The highest BCUT2D eigenvalue weighted by molar-refractivity contribution is 6.50. The molecule has 0 amide bonds. The fourth-order valence-electron chi connectivity index (χ4n) is 4.13. The number of hydrogen-bond donors (Lipinski definition) is 2. The number of likely N-dealkylation sites (N-methyl/N-ethyl adjacent to an activating group) is 1. The fraction of sp³-hybridized carbons (Fsp3) is 0.565. The summed E-state index contributed by atoms with van der Waals surface area (Å²) in [7, 11) is 0. The standard InChI is InChI=1S/C23H33NO3/c1-6-8-9-10-17-20(24-7-2)22(26)19(23(27)21(17)25)18-13-15(5)11-12-16(18)14(3)4/h13,16,18,24,26H,3,6-12H2,1-2,4-5H3/t16?,18-/m1/s1. The van der Waals surface area contributed by atoms with Gasteiger partial charge in [-0.15, -0.1) is 0 Å². The summed E-state index contributed by atoms with van der Waals surface area (Å²) < 4.78 is 0. The van der Waals surface area contributed by atoms with Crippen LogP contribution in [0.3, 0.4) is 0 Å². The van der Waals surface area contributed by atoms with E-state index in [1.807, 2.05) is 26.8 Å². The van der Waals surface area contributed by atoms with Gasteiger partial charge in [0.25, 0.3) is 0 Å². The molecule has 2 aliphatic rings. The number of Topliss-reactive ketones (excluding diaryl/α,β-unsaturated/α-hetero) is 2. The van der Waals surface area contributed by atoms with Gasteiger partial charge in [-0.25, -0.2) is 0 Å². The molecule has 0 saturated carbocycles. The summed E-state index contributed by atoms with van der Waals surface area (Å²) in [6.07, 6.45) is 7.23. The summed E-state index contributed by atoms with van der Waals surface area (Å²) in [5.74, 6) is -1.30. The Balaban J connectivity index is 2.56. The maximum absolute atomic E-state index is 13.0. The van der Waals surface area contributed by atoms with Gasteiger partial charge in [0.05, 0.1) is 11.3 Å². The van der Waals surface area contributed by atoms with Crippen LogP contribution in [-0.2, 0) is 9.59 Å². The van der Waals surface area contributed by atoms with Gasteiger partial charge < -0.3 is 10.4 Å². The zero-order valence-electron chi connectivity index (χ0n) is 17.2. The summed E-state index contributed by atoms with van der Waals surface area (Å²) >= 11 is 0. The molecule has 0 saturated heterocycles. The van der Waals surface area contributed by atoms with Gasteiger partial charge in [0.15, 0.2) is 0 Å². The molecule has 148 valence electrons. The number of aliphatic hydroxyl groups excluding tert-OH is 1. The van der Waals surface area contributed by atoms with E-state index in [4.69, 9.17) is 0 Å². The highest BCUT2D eigenvalue weighted by Crippen LogP contribution is 2.41. The summed E-state index contributed by atoms with van der Waals surface area (Å²) in [5.41, 5.74) is 3.28. The van der Waals surface area contributed by atoms with Gasteiger partial charge in [0.1, 0.15) is 5.76 Å². The van der Waals surface area contributed by atoms with Crippen molar-refractivity contribution in [2.75, 3.05) is 6.54 Å². The molecule has 0 radical (unpaired) electrons. The Morgan fingerprint density at radius 2 is 1.96 bits per heavy atom. The van der Waals surface area contributed by atoms with Crippen molar-refractivity contribution < 1.29 is 14.7 Å². The van der Waals surface area contributed by atoms with Gasteiger partial charge in [0, 0.05) is 18.0 Å². The molecule has 0 aromatic heterocycles. The molecular formula is C23H33NO3. The average molecular weight is 372 g/mol. The molecule has 0 spiro atoms. The van der Waals surface area contributed by atoms with Crippen LogP contribution in [0.15, 0.2) is 46.4 Å². The minimum absolute atomic E-state index is 0.0462. The largest absolute Gasteiger partial charge is 0.505 e. The van der Waals surface area contributed by atoms with Crippen molar-refractivity contribution in [2.24, 2.45) is 11.8 Å². The molecule has 27 heavy (non-hydrogen) atoms. The van der Waals surface area contributed by atoms with Crippen molar-refractivity contribution in [1.29, 1.82) is 0 Å². The smallest absolute Gasteiger partial charge is 0.233 e. The van der Waals surface area contributed by atoms with Gasteiger partial charge in [-0.05, 0) is 52.4 Å². The molecule has 2 rings (SSSR count). The lowest BCUT2D eigenvalue weighted by atomic mass is 9.70. The SMILES string of the molecule is C=C(C)C1CCC(C)=C[C@H]1C1=C(O)C(NCC)=C(CCCCC)C(=O)C1=O. The molecule has 0 aromatic rings. The molecule has 2 aliphatic carbocycles. The number of carbonyl (C=O) groups is 2. The Labute approximate surface area is 163 Å². The summed E-state index contributed by atoms with van der Waals surface area (Å²) in [4.78, 5) is 25.9. The van der Waals surface area contributed by atoms with Crippen LogP contribution >= 0.6 is 0 Å². The van der Waals surface area contributed by atoms with Crippen LogP contribution < -0.4 is 5.32 Å². The monoisotopic (exact) mass is 371 g/mol. The topological polar surface area (TPSA) is 66.4 Å². The molecule has 0 heterocycles. The first kappa shape index (κ1) is 21.2. The van der Waals surface area contributed by atoms with Crippen molar-refractivity contribution in [1.82, 2.24) is 5.32 Å². The molecule has 4 nitrogen and oxygen atoms in total. The van der Waals surface area contributed by atoms with Gasteiger partial charge in [-0.3, -0.25) is 9.59 Å². The third-order valence-electron chi connectivity index (χ3n) is 5.62. The van der Waals surface area contributed by atoms with E-state index in [1.165, 1.54) is 5.57 Å². The Bertz CT molecular complexity index is 724. The quantitative estimate of drug-likeness (QED) is 0.274. The van der Waals surface area contributed by atoms with E-state index in [-0.39, 0.29) is 23.2 Å². The summed E-state index contributed by atoms with van der Waals surface area (Å²) in [6, 6.07) is 0. The van der Waals surface area contributed by atoms with Crippen LogP contribution in [-0.4, -0.2) is 23.2 Å². The normalized spacial score (nSPS) is 23.6. The highest BCUT2D eigenvalue weighted by Gasteiger charge is 2.41. The zero-order chi connectivity index (χ0) is 20.1. The van der Waals surface area contributed by atoms with Crippen molar-refractivity contribution in [3.63, 3.8) is 0 Å². The zero-order valence-corrected chi connectivity index (χ0v) is 17.2. The maximum atomic E-state index is 13.0. The minimum atomic E-state index is -0.553. The molecule has 0 fully saturated rings. The third-order valence-corrected chi connectivity index (χ3v) is 5.62. The Morgan fingerprint density at radius 1 is 1.26 bits per heavy atom. The van der Waals surface area contributed by atoms with Crippen molar-refractivity contribution >= 4 is 11.6 Å². The second kappa shape index (κ2) is 9.20. The minimum Gasteiger partial charge on any atom is -0.505 e. The van der Waals surface area contributed by atoms with Gasteiger partial charge in [-0.1, -0.05) is 43.6 Å². The van der Waals surface area contributed by atoms with E-state index in [9.17, 15) is 14.7 Å². The summed E-state index contributed by atoms with van der Waals surface area (Å²) in [5, 5.41) is 14.2. The first-order valence-electron chi connectivity index (χ1n) is 10.2. The number of aliphatic hydroxyl groups is 1. The number of allylic oxidation sites excluding steroid dienone is 5. The molecule has 0 bridgehead atoms. The predicted molar refractivity (Wildman–Crippen MR) is 109 cm³/mol. The number of carbonyl (C=O) groups excluding carboxylic acids is 2. The summed E-state index contributed by atoms with van der Waals surface area (Å²) in [6.45, 7) is 12.7.